The Kier molecular flexibility index (Phi) is 7.12. The van der Waals surface area contributed by atoms with Crippen LogP contribution in [-0.2, 0) is 35.0 Å². The molecule has 0 aromatic heterocycles. The molecule has 3 heterocycles. The van der Waals surface area contributed by atoms with Crippen LogP contribution < -0.4 is 0 Å². The molecule has 4 fully saturated rings. The Hall–Kier alpha value is -1.71. The summed E-state index contributed by atoms with van der Waals surface area (Å²) in [5.74, 6) is 0.000914. The van der Waals surface area contributed by atoms with Crippen LogP contribution in [0.1, 0.15) is 42.9 Å². The maximum atomic E-state index is 12.8. The number of carbonyl (C=O) groups excluding carboxylic acids is 1. The fourth-order valence-corrected chi connectivity index (χ4v) is 6.01. The van der Waals surface area contributed by atoms with E-state index in [1.165, 1.54) is 16.7 Å². The number of epoxide rings is 2. The number of amides is 1. The summed E-state index contributed by atoms with van der Waals surface area (Å²) in [7, 11) is 1.70. The summed E-state index contributed by atoms with van der Waals surface area (Å²) < 4.78 is 35.6. The third-order valence-electron chi connectivity index (χ3n) is 8.38. The van der Waals surface area contributed by atoms with E-state index in [0.717, 1.165) is 19.3 Å². The molecule has 0 bridgehead atoms. The van der Waals surface area contributed by atoms with Crippen molar-refractivity contribution in [1.82, 2.24) is 4.90 Å². The maximum Gasteiger partial charge on any atom is 0.410 e. The number of methoxy groups -OCH3 is 1. The average Bonchev–Trinajstić information content (AvgIpc) is 3.78. The molecule has 1 aromatic carbocycles. The molecule has 8 nitrogen and oxygen atoms in total. The molecule has 1 amide bonds. The molecule has 0 radical (unpaired) electrons. The van der Waals surface area contributed by atoms with Gasteiger partial charge < -0.3 is 33.3 Å². The van der Waals surface area contributed by atoms with Crippen molar-refractivity contribution in [2.45, 2.75) is 76.2 Å². The van der Waals surface area contributed by atoms with Crippen LogP contribution in [0, 0.1) is 19.8 Å². The molecule has 5 rings (SSSR count). The number of morpholine rings is 1. The molecule has 6 atom stereocenters. The number of aryl methyl sites for hydroxylation is 2. The second-order valence-electron chi connectivity index (χ2n) is 10.6. The van der Waals surface area contributed by atoms with Crippen LogP contribution in [0.5, 0.6) is 0 Å². The summed E-state index contributed by atoms with van der Waals surface area (Å²) in [5, 5.41) is 0. The van der Waals surface area contributed by atoms with Crippen LogP contribution in [0.15, 0.2) is 18.2 Å². The highest BCUT2D eigenvalue weighted by atomic mass is 16.6. The fourth-order valence-electron chi connectivity index (χ4n) is 6.01. The normalized spacial score (nSPS) is 36.3. The van der Waals surface area contributed by atoms with Crippen LogP contribution in [0.2, 0.25) is 0 Å². The Labute approximate surface area is 208 Å². The number of carbonyl (C=O) groups is 1. The van der Waals surface area contributed by atoms with Gasteiger partial charge in [0.2, 0.25) is 0 Å². The van der Waals surface area contributed by atoms with Gasteiger partial charge in [-0.25, -0.2) is 4.79 Å². The van der Waals surface area contributed by atoms with Crippen molar-refractivity contribution in [2.75, 3.05) is 46.6 Å². The molecule has 8 heteroatoms. The second kappa shape index (κ2) is 9.98. The van der Waals surface area contributed by atoms with E-state index in [1.54, 1.807) is 12.0 Å². The Bertz CT molecular complexity index is 913. The van der Waals surface area contributed by atoms with Crippen molar-refractivity contribution in [3.63, 3.8) is 0 Å². The predicted molar refractivity (Wildman–Crippen MR) is 128 cm³/mol. The smallest absolute Gasteiger partial charge is 0.410 e. The molecule has 6 unspecified atom stereocenters. The van der Waals surface area contributed by atoms with E-state index in [0.29, 0.717) is 46.1 Å². The van der Waals surface area contributed by atoms with Crippen LogP contribution in [-0.4, -0.2) is 87.1 Å². The largest absolute Gasteiger partial charge is 0.443 e. The van der Waals surface area contributed by atoms with E-state index in [-0.39, 0.29) is 41.5 Å². The lowest BCUT2D eigenvalue weighted by atomic mass is 9.68. The summed E-state index contributed by atoms with van der Waals surface area (Å²) >= 11 is 0. The molecule has 3 aliphatic heterocycles. The third-order valence-corrected chi connectivity index (χ3v) is 8.38. The average molecular weight is 490 g/mol. The van der Waals surface area contributed by atoms with E-state index in [4.69, 9.17) is 28.4 Å². The predicted octanol–water partition coefficient (Wildman–Crippen LogP) is 3.40. The number of hydrogen-bond donors (Lipinski definition) is 0. The minimum absolute atomic E-state index is 0.000914. The Morgan fingerprint density at radius 3 is 2.66 bits per heavy atom. The number of benzene rings is 1. The fraction of sp³-hybridized carbons (Fsp3) is 0.741. The molecular formula is C27H39NO7. The number of ether oxygens (including phenoxy) is 6. The van der Waals surface area contributed by atoms with Crippen molar-refractivity contribution in [3.05, 3.63) is 34.9 Å². The van der Waals surface area contributed by atoms with Crippen LogP contribution >= 0.6 is 0 Å². The first-order valence-corrected chi connectivity index (χ1v) is 12.9. The third kappa shape index (κ3) is 5.09. The highest BCUT2D eigenvalue weighted by Crippen LogP contribution is 2.59. The molecule has 1 aliphatic carbocycles. The van der Waals surface area contributed by atoms with Crippen molar-refractivity contribution >= 4 is 6.09 Å². The SMILES string of the molecule is COC1C(OC(=O)N2CCOCC2)CCC2(CO2)C1C1(C)OC1CCOCc1ccc(C)c(C)c1. The molecule has 194 valence electrons. The van der Waals surface area contributed by atoms with E-state index in [1.807, 2.05) is 0 Å². The van der Waals surface area contributed by atoms with Crippen molar-refractivity contribution in [3.8, 4) is 0 Å². The zero-order valence-corrected chi connectivity index (χ0v) is 21.4. The van der Waals surface area contributed by atoms with Crippen molar-refractivity contribution in [1.29, 1.82) is 0 Å². The van der Waals surface area contributed by atoms with Gasteiger partial charge in [0, 0.05) is 26.8 Å². The quantitative estimate of drug-likeness (QED) is 0.409. The van der Waals surface area contributed by atoms with Gasteiger partial charge in [-0.3, -0.25) is 0 Å². The molecule has 1 saturated carbocycles. The van der Waals surface area contributed by atoms with Crippen LogP contribution in [0.4, 0.5) is 4.79 Å². The summed E-state index contributed by atoms with van der Waals surface area (Å²) in [5.41, 5.74) is 3.14. The molecule has 3 saturated heterocycles. The molecule has 35 heavy (non-hydrogen) atoms. The molecule has 1 spiro atoms. The first kappa shape index (κ1) is 25.0. The summed E-state index contributed by atoms with van der Waals surface area (Å²) in [6.07, 6.45) is 1.56. The Morgan fingerprint density at radius 1 is 1.20 bits per heavy atom. The van der Waals surface area contributed by atoms with E-state index in [2.05, 4.69) is 39.0 Å². The number of hydrogen-bond acceptors (Lipinski definition) is 7. The number of rotatable bonds is 8. The topological polar surface area (TPSA) is 82.3 Å². The lowest BCUT2D eigenvalue weighted by Gasteiger charge is -2.43. The van der Waals surface area contributed by atoms with Gasteiger partial charge >= 0.3 is 6.09 Å². The van der Waals surface area contributed by atoms with Gasteiger partial charge in [0.15, 0.2) is 0 Å². The van der Waals surface area contributed by atoms with Crippen molar-refractivity contribution < 1.29 is 33.2 Å². The van der Waals surface area contributed by atoms with Crippen molar-refractivity contribution in [2.24, 2.45) is 5.92 Å². The number of nitrogens with zero attached hydrogens (tertiary/aromatic N) is 1. The minimum atomic E-state index is -0.384. The van der Waals surface area contributed by atoms with E-state index >= 15 is 0 Å². The standard InChI is InChI=1S/C27H39NO7/c1-18-5-6-20(15-19(18)2)16-32-12-8-22-26(3,35-22)24-23(30-4)21(7-9-27(24)17-33-27)34-25(29)28-10-13-31-14-11-28/h5-6,15,21-24H,7-14,16-17H2,1-4H3. The molecule has 0 N–H and O–H groups in total. The van der Waals surface area contributed by atoms with Crippen LogP contribution in [0.3, 0.4) is 0 Å². The monoisotopic (exact) mass is 489 g/mol. The van der Waals surface area contributed by atoms with Gasteiger partial charge in [0.05, 0.1) is 38.4 Å². The summed E-state index contributed by atoms with van der Waals surface area (Å²) in [4.78, 5) is 14.5. The second-order valence-corrected chi connectivity index (χ2v) is 10.6. The molecular weight excluding hydrogens is 450 g/mol. The maximum absolute atomic E-state index is 12.8. The summed E-state index contributed by atoms with van der Waals surface area (Å²) in [6.45, 7) is 10.5. The first-order chi connectivity index (χ1) is 16.9. The van der Waals surface area contributed by atoms with Gasteiger partial charge in [0.1, 0.15) is 23.4 Å². The lowest BCUT2D eigenvalue weighted by Crippen LogP contribution is -2.56. The van der Waals surface area contributed by atoms with Gasteiger partial charge in [-0.15, -0.1) is 0 Å². The highest BCUT2D eigenvalue weighted by Gasteiger charge is 2.72. The van der Waals surface area contributed by atoms with Gasteiger partial charge in [-0.05, 0) is 56.7 Å². The zero-order chi connectivity index (χ0) is 24.6. The Balaban J connectivity index is 1.17. The zero-order valence-electron chi connectivity index (χ0n) is 21.4. The lowest BCUT2D eigenvalue weighted by molar-refractivity contribution is -0.123. The van der Waals surface area contributed by atoms with Gasteiger partial charge in [-0.1, -0.05) is 18.2 Å². The molecule has 4 aliphatic rings. The summed E-state index contributed by atoms with van der Waals surface area (Å²) in [6, 6.07) is 6.45. The van der Waals surface area contributed by atoms with Gasteiger partial charge in [0.25, 0.3) is 0 Å². The van der Waals surface area contributed by atoms with E-state index < -0.39 is 0 Å². The molecule has 1 aromatic rings. The van der Waals surface area contributed by atoms with Crippen LogP contribution in [0.25, 0.3) is 0 Å². The highest BCUT2D eigenvalue weighted by molar-refractivity contribution is 5.68. The first-order valence-electron chi connectivity index (χ1n) is 12.9. The van der Waals surface area contributed by atoms with Gasteiger partial charge in [-0.2, -0.15) is 0 Å². The minimum Gasteiger partial charge on any atom is -0.443 e. The van der Waals surface area contributed by atoms with E-state index in [9.17, 15) is 4.79 Å². The Morgan fingerprint density at radius 2 is 1.97 bits per heavy atom.